The van der Waals surface area contributed by atoms with Crippen molar-refractivity contribution in [2.75, 3.05) is 6.54 Å². The van der Waals surface area contributed by atoms with Crippen molar-refractivity contribution in [3.63, 3.8) is 0 Å². The maximum Gasteiger partial charge on any atom is 0.222 e. The third-order valence-electron chi connectivity index (χ3n) is 2.74. The standard InChI is InChI=1S/C14H15ClN2O/c1-11(15)10-16-14(18)7-9-17-8-6-12-4-2-3-5-13(12)17/h2-6,8H,1,7,9-10H2,(H,16,18). The van der Waals surface area contributed by atoms with Crippen molar-refractivity contribution < 1.29 is 4.79 Å². The number of para-hydroxylation sites is 1. The summed E-state index contributed by atoms with van der Waals surface area (Å²) in [5.41, 5.74) is 1.15. The largest absolute Gasteiger partial charge is 0.351 e. The van der Waals surface area contributed by atoms with E-state index < -0.39 is 0 Å². The average molecular weight is 263 g/mol. The average Bonchev–Trinajstić information content (AvgIpc) is 2.77. The van der Waals surface area contributed by atoms with Crippen LogP contribution in [0.15, 0.2) is 48.1 Å². The summed E-state index contributed by atoms with van der Waals surface area (Å²) in [6, 6.07) is 10.2. The van der Waals surface area contributed by atoms with Crippen molar-refractivity contribution in [3.8, 4) is 0 Å². The Labute approximate surface area is 111 Å². The molecule has 0 atom stereocenters. The van der Waals surface area contributed by atoms with Gasteiger partial charge in [-0.3, -0.25) is 4.79 Å². The van der Waals surface area contributed by atoms with Crippen LogP contribution in [0.5, 0.6) is 0 Å². The smallest absolute Gasteiger partial charge is 0.222 e. The van der Waals surface area contributed by atoms with Gasteiger partial charge in [0, 0.05) is 29.7 Å². The molecule has 1 aromatic carbocycles. The Morgan fingerprint density at radius 2 is 2.11 bits per heavy atom. The van der Waals surface area contributed by atoms with E-state index in [4.69, 9.17) is 11.6 Å². The highest BCUT2D eigenvalue weighted by Gasteiger charge is 2.04. The molecule has 2 rings (SSSR count). The summed E-state index contributed by atoms with van der Waals surface area (Å²) >= 11 is 5.59. The summed E-state index contributed by atoms with van der Waals surface area (Å²) in [7, 11) is 0. The van der Waals surface area contributed by atoms with E-state index in [0.29, 0.717) is 24.5 Å². The van der Waals surface area contributed by atoms with Crippen LogP contribution in [0.2, 0.25) is 0 Å². The number of carbonyl (C=O) groups is 1. The number of benzene rings is 1. The summed E-state index contributed by atoms with van der Waals surface area (Å²) in [4.78, 5) is 11.6. The van der Waals surface area contributed by atoms with Crippen LogP contribution in [0.1, 0.15) is 6.42 Å². The summed E-state index contributed by atoms with van der Waals surface area (Å²) in [5.74, 6) is -0.0189. The molecule has 0 aliphatic rings. The number of rotatable bonds is 5. The number of halogens is 1. The molecular weight excluding hydrogens is 248 g/mol. The topological polar surface area (TPSA) is 34.0 Å². The van der Waals surface area contributed by atoms with Gasteiger partial charge in [0.05, 0.1) is 6.54 Å². The van der Waals surface area contributed by atoms with E-state index in [1.54, 1.807) is 0 Å². The summed E-state index contributed by atoms with van der Waals surface area (Å²) in [5, 5.41) is 4.34. The summed E-state index contributed by atoms with van der Waals surface area (Å²) < 4.78 is 2.07. The van der Waals surface area contributed by atoms with Gasteiger partial charge in [-0.1, -0.05) is 36.4 Å². The number of aryl methyl sites for hydroxylation is 1. The molecule has 0 spiro atoms. The predicted octanol–water partition coefficient (Wildman–Crippen LogP) is 2.90. The lowest BCUT2D eigenvalue weighted by atomic mass is 10.2. The Bertz CT molecular complexity index is 574. The first-order chi connectivity index (χ1) is 8.66. The zero-order chi connectivity index (χ0) is 13.0. The van der Waals surface area contributed by atoms with Crippen LogP contribution in [-0.2, 0) is 11.3 Å². The van der Waals surface area contributed by atoms with Gasteiger partial charge in [-0.15, -0.1) is 0 Å². The lowest BCUT2D eigenvalue weighted by Gasteiger charge is -2.06. The Hall–Kier alpha value is -1.74. The second-order valence-electron chi connectivity index (χ2n) is 4.11. The minimum atomic E-state index is -0.0189. The van der Waals surface area contributed by atoms with E-state index in [-0.39, 0.29) is 5.91 Å². The second-order valence-corrected chi connectivity index (χ2v) is 4.65. The fourth-order valence-electron chi connectivity index (χ4n) is 1.84. The molecule has 0 aliphatic carbocycles. The highest BCUT2D eigenvalue weighted by molar-refractivity contribution is 6.29. The molecule has 0 aliphatic heterocycles. The number of hydrogen-bond donors (Lipinski definition) is 1. The van der Waals surface area contributed by atoms with E-state index in [1.165, 1.54) is 5.39 Å². The molecular formula is C14H15ClN2O. The van der Waals surface area contributed by atoms with Crippen molar-refractivity contribution in [1.82, 2.24) is 9.88 Å². The number of aromatic nitrogens is 1. The Morgan fingerprint density at radius 3 is 2.89 bits per heavy atom. The first-order valence-corrected chi connectivity index (χ1v) is 6.18. The highest BCUT2D eigenvalue weighted by atomic mass is 35.5. The van der Waals surface area contributed by atoms with Crippen molar-refractivity contribution in [3.05, 3.63) is 48.1 Å². The van der Waals surface area contributed by atoms with Gasteiger partial charge in [-0.2, -0.15) is 0 Å². The molecule has 0 fully saturated rings. The third-order valence-corrected chi connectivity index (χ3v) is 2.87. The first kappa shape index (κ1) is 12.7. The maximum absolute atomic E-state index is 11.6. The zero-order valence-electron chi connectivity index (χ0n) is 10.0. The van der Waals surface area contributed by atoms with Gasteiger partial charge < -0.3 is 9.88 Å². The van der Waals surface area contributed by atoms with Crippen molar-refractivity contribution in [1.29, 1.82) is 0 Å². The lowest BCUT2D eigenvalue weighted by molar-refractivity contribution is -0.121. The number of carbonyl (C=O) groups excluding carboxylic acids is 1. The number of nitrogens with zero attached hydrogens (tertiary/aromatic N) is 1. The molecule has 1 heterocycles. The van der Waals surface area contributed by atoms with Gasteiger partial charge in [0.15, 0.2) is 0 Å². The molecule has 0 radical (unpaired) electrons. The van der Waals surface area contributed by atoms with Gasteiger partial charge in [0.2, 0.25) is 5.91 Å². The van der Waals surface area contributed by atoms with E-state index >= 15 is 0 Å². The Balaban J connectivity index is 1.94. The molecule has 2 aromatic rings. The van der Waals surface area contributed by atoms with Crippen LogP contribution in [0.3, 0.4) is 0 Å². The van der Waals surface area contributed by atoms with Gasteiger partial charge in [0.1, 0.15) is 0 Å². The van der Waals surface area contributed by atoms with E-state index in [0.717, 1.165) is 5.52 Å². The molecule has 1 aromatic heterocycles. The predicted molar refractivity (Wildman–Crippen MR) is 74.6 cm³/mol. The van der Waals surface area contributed by atoms with Crippen LogP contribution < -0.4 is 5.32 Å². The molecule has 1 N–H and O–H groups in total. The maximum atomic E-state index is 11.6. The molecule has 4 heteroatoms. The fraction of sp³-hybridized carbons (Fsp3) is 0.214. The van der Waals surface area contributed by atoms with E-state index in [2.05, 4.69) is 22.5 Å². The number of nitrogens with one attached hydrogen (secondary N) is 1. The van der Waals surface area contributed by atoms with Gasteiger partial charge >= 0.3 is 0 Å². The Morgan fingerprint density at radius 1 is 1.33 bits per heavy atom. The minimum Gasteiger partial charge on any atom is -0.351 e. The van der Waals surface area contributed by atoms with Gasteiger partial charge in [-0.05, 0) is 17.5 Å². The van der Waals surface area contributed by atoms with Gasteiger partial charge in [0.25, 0.3) is 0 Å². The molecule has 0 saturated heterocycles. The van der Waals surface area contributed by atoms with Crippen LogP contribution in [0, 0.1) is 0 Å². The number of fused-ring (bicyclic) bond motifs is 1. The van der Waals surface area contributed by atoms with Crippen molar-refractivity contribution in [2.24, 2.45) is 0 Å². The quantitative estimate of drug-likeness (QED) is 0.883. The second kappa shape index (κ2) is 5.74. The van der Waals surface area contributed by atoms with Gasteiger partial charge in [-0.25, -0.2) is 0 Å². The Kier molecular flexibility index (Phi) is 4.05. The van der Waals surface area contributed by atoms with Crippen molar-refractivity contribution in [2.45, 2.75) is 13.0 Å². The minimum absolute atomic E-state index is 0.0189. The first-order valence-electron chi connectivity index (χ1n) is 5.80. The molecule has 18 heavy (non-hydrogen) atoms. The van der Waals surface area contributed by atoms with Crippen LogP contribution >= 0.6 is 11.6 Å². The highest BCUT2D eigenvalue weighted by Crippen LogP contribution is 2.15. The van der Waals surface area contributed by atoms with Crippen LogP contribution in [0.4, 0.5) is 0 Å². The van der Waals surface area contributed by atoms with E-state index in [9.17, 15) is 4.79 Å². The van der Waals surface area contributed by atoms with Crippen LogP contribution in [0.25, 0.3) is 10.9 Å². The monoisotopic (exact) mass is 262 g/mol. The van der Waals surface area contributed by atoms with E-state index in [1.807, 2.05) is 30.5 Å². The number of amides is 1. The molecule has 0 saturated carbocycles. The third kappa shape index (κ3) is 3.14. The summed E-state index contributed by atoms with van der Waals surface area (Å²) in [6.07, 6.45) is 2.43. The summed E-state index contributed by atoms with van der Waals surface area (Å²) in [6.45, 7) is 4.51. The normalized spacial score (nSPS) is 10.5. The molecule has 94 valence electrons. The van der Waals surface area contributed by atoms with Crippen molar-refractivity contribution >= 4 is 28.4 Å². The lowest BCUT2D eigenvalue weighted by Crippen LogP contribution is -2.25. The molecule has 3 nitrogen and oxygen atoms in total. The zero-order valence-corrected chi connectivity index (χ0v) is 10.8. The fourth-order valence-corrected chi connectivity index (χ4v) is 1.91. The molecule has 0 unspecified atom stereocenters. The SMILES string of the molecule is C=C(Cl)CNC(=O)CCn1ccc2ccccc21. The molecule has 0 bridgehead atoms. The molecule has 1 amide bonds. The number of hydrogen-bond acceptors (Lipinski definition) is 1. The van der Waals surface area contributed by atoms with Crippen LogP contribution in [-0.4, -0.2) is 17.0 Å².